The van der Waals surface area contributed by atoms with E-state index in [0.29, 0.717) is 43.9 Å². The van der Waals surface area contributed by atoms with Crippen molar-refractivity contribution < 1.29 is 19.4 Å². The van der Waals surface area contributed by atoms with E-state index in [1.54, 1.807) is 35.2 Å². The van der Waals surface area contributed by atoms with Crippen LogP contribution in [0.5, 0.6) is 5.75 Å². The van der Waals surface area contributed by atoms with E-state index in [-0.39, 0.29) is 11.7 Å². The highest BCUT2D eigenvalue weighted by Crippen LogP contribution is 2.19. The summed E-state index contributed by atoms with van der Waals surface area (Å²) in [5.74, 6) is -0.463. The summed E-state index contributed by atoms with van der Waals surface area (Å²) in [5, 5.41) is 19.7. The maximum Gasteiger partial charge on any atom is 0.254 e. The summed E-state index contributed by atoms with van der Waals surface area (Å²) in [7, 11) is 0. The fourth-order valence-electron chi connectivity index (χ4n) is 3.04. The van der Waals surface area contributed by atoms with Crippen molar-refractivity contribution in [3.05, 3.63) is 65.5 Å². The third kappa shape index (κ3) is 4.15. The first-order chi connectivity index (χ1) is 12.0. The third-order valence-electron chi connectivity index (χ3n) is 4.45. The Labute approximate surface area is 145 Å². The Hall–Kier alpha value is -2.44. The second kappa shape index (κ2) is 7.63. The highest BCUT2D eigenvalue weighted by Gasteiger charge is 2.24. The van der Waals surface area contributed by atoms with Gasteiger partial charge >= 0.3 is 0 Å². The van der Waals surface area contributed by atoms with Gasteiger partial charge in [-0.15, -0.1) is 0 Å². The van der Waals surface area contributed by atoms with Crippen LogP contribution in [-0.4, -0.2) is 58.6 Å². The maximum absolute atomic E-state index is 13.7. The number of phenols is 1. The number of β-amino-alcohol motifs (C(OH)–C–C–N with tert-alkyl or cyclic N) is 1. The zero-order valence-corrected chi connectivity index (χ0v) is 13.8. The second-order valence-corrected chi connectivity index (χ2v) is 6.18. The lowest BCUT2D eigenvalue weighted by Crippen LogP contribution is -2.49. The molecule has 0 aromatic heterocycles. The van der Waals surface area contributed by atoms with Crippen molar-refractivity contribution in [2.45, 2.75) is 6.10 Å². The molecule has 1 fully saturated rings. The zero-order valence-electron chi connectivity index (χ0n) is 13.8. The van der Waals surface area contributed by atoms with E-state index in [2.05, 4.69) is 0 Å². The number of benzene rings is 2. The van der Waals surface area contributed by atoms with Gasteiger partial charge in [0.25, 0.3) is 5.91 Å². The lowest BCUT2D eigenvalue weighted by atomic mass is 10.1. The number of aliphatic hydroxyl groups is 1. The smallest absolute Gasteiger partial charge is 0.254 e. The van der Waals surface area contributed by atoms with Crippen LogP contribution in [0.2, 0.25) is 0 Å². The Morgan fingerprint density at radius 1 is 1.08 bits per heavy atom. The molecule has 1 aliphatic rings. The van der Waals surface area contributed by atoms with Crippen LogP contribution in [0.3, 0.4) is 0 Å². The molecule has 0 aliphatic carbocycles. The van der Waals surface area contributed by atoms with Crippen molar-refractivity contribution in [1.82, 2.24) is 9.80 Å². The second-order valence-electron chi connectivity index (χ2n) is 6.18. The van der Waals surface area contributed by atoms with Gasteiger partial charge in [-0.25, -0.2) is 4.39 Å². The number of halogens is 1. The summed E-state index contributed by atoms with van der Waals surface area (Å²) >= 11 is 0. The van der Waals surface area contributed by atoms with Gasteiger partial charge in [0.2, 0.25) is 0 Å². The predicted octanol–water partition coefficient (Wildman–Crippen LogP) is 2.02. The van der Waals surface area contributed by atoms with Crippen LogP contribution in [0.4, 0.5) is 4.39 Å². The number of rotatable bonds is 4. The van der Waals surface area contributed by atoms with Crippen molar-refractivity contribution in [2.24, 2.45) is 0 Å². The number of aromatic hydroxyl groups is 1. The molecule has 5 nitrogen and oxygen atoms in total. The minimum Gasteiger partial charge on any atom is -0.508 e. The Balaban J connectivity index is 1.55. The van der Waals surface area contributed by atoms with Gasteiger partial charge in [-0.2, -0.15) is 0 Å². The third-order valence-corrected chi connectivity index (χ3v) is 4.45. The first kappa shape index (κ1) is 17.4. The van der Waals surface area contributed by atoms with E-state index in [9.17, 15) is 19.4 Å². The monoisotopic (exact) mass is 344 g/mol. The van der Waals surface area contributed by atoms with Gasteiger partial charge in [-0.1, -0.05) is 24.3 Å². The molecule has 1 atom stereocenters. The summed E-state index contributed by atoms with van der Waals surface area (Å²) in [6.07, 6.45) is -0.894. The Morgan fingerprint density at radius 3 is 2.48 bits per heavy atom. The number of hydrogen-bond acceptors (Lipinski definition) is 4. The molecule has 3 rings (SSSR count). The molecule has 2 N–H and O–H groups in total. The lowest BCUT2D eigenvalue weighted by molar-refractivity contribution is 0.0522. The van der Waals surface area contributed by atoms with Crippen LogP contribution in [-0.2, 0) is 0 Å². The molecule has 0 radical (unpaired) electrons. The highest BCUT2D eigenvalue weighted by molar-refractivity contribution is 5.94. The van der Waals surface area contributed by atoms with Gasteiger partial charge in [-0.3, -0.25) is 9.69 Å². The molecule has 1 unspecified atom stereocenters. The average Bonchev–Trinajstić information content (AvgIpc) is 2.62. The SMILES string of the molecule is O=C(c1cccc(O)c1)N1CCN(CC(O)c2ccccc2F)CC1. The van der Waals surface area contributed by atoms with Crippen LogP contribution < -0.4 is 0 Å². The standard InChI is InChI=1S/C19H21FN2O3/c20-17-7-2-1-6-16(17)18(24)13-21-8-10-22(11-9-21)19(25)14-4-3-5-15(23)12-14/h1-7,12,18,23-24H,8-11,13H2. The van der Waals surface area contributed by atoms with Gasteiger partial charge in [0.1, 0.15) is 11.6 Å². The van der Waals surface area contributed by atoms with E-state index in [4.69, 9.17) is 0 Å². The Kier molecular flexibility index (Phi) is 5.31. The summed E-state index contributed by atoms with van der Waals surface area (Å²) in [5.41, 5.74) is 0.751. The largest absolute Gasteiger partial charge is 0.508 e. The number of hydrogen-bond donors (Lipinski definition) is 2. The molecular formula is C19H21FN2O3. The average molecular weight is 344 g/mol. The van der Waals surface area contributed by atoms with E-state index in [1.165, 1.54) is 18.2 Å². The Morgan fingerprint density at radius 2 is 1.80 bits per heavy atom. The normalized spacial score (nSPS) is 16.6. The number of nitrogens with zero attached hydrogens (tertiary/aromatic N) is 2. The topological polar surface area (TPSA) is 64.0 Å². The molecule has 0 spiro atoms. The molecule has 2 aromatic carbocycles. The van der Waals surface area contributed by atoms with Gasteiger partial charge in [0.05, 0.1) is 6.10 Å². The molecular weight excluding hydrogens is 323 g/mol. The fourth-order valence-corrected chi connectivity index (χ4v) is 3.04. The van der Waals surface area contributed by atoms with Crippen molar-refractivity contribution in [2.75, 3.05) is 32.7 Å². The van der Waals surface area contributed by atoms with Gasteiger partial charge < -0.3 is 15.1 Å². The highest BCUT2D eigenvalue weighted by atomic mass is 19.1. The van der Waals surface area contributed by atoms with Crippen LogP contribution in [0.25, 0.3) is 0 Å². The number of carbonyl (C=O) groups excluding carboxylic acids is 1. The molecule has 1 aliphatic heterocycles. The molecule has 25 heavy (non-hydrogen) atoms. The van der Waals surface area contributed by atoms with E-state index < -0.39 is 11.9 Å². The first-order valence-electron chi connectivity index (χ1n) is 8.28. The molecule has 0 bridgehead atoms. The van der Waals surface area contributed by atoms with Crippen molar-refractivity contribution in [1.29, 1.82) is 0 Å². The minimum atomic E-state index is -0.894. The molecule has 1 saturated heterocycles. The number of amides is 1. The van der Waals surface area contributed by atoms with Crippen molar-refractivity contribution in [3.63, 3.8) is 0 Å². The summed E-state index contributed by atoms with van der Waals surface area (Å²) in [4.78, 5) is 16.2. The quantitative estimate of drug-likeness (QED) is 0.891. The van der Waals surface area contributed by atoms with E-state index in [0.717, 1.165) is 0 Å². The van der Waals surface area contributed by atoms with Crippen molar-refractivity contribution >= 4 is 5.91 Å². The van der Waals surface area contributed by atoms with Crippen LogP contribution in [0, 0.1) is 5.82 Å². The first-order valence-corrected chi connectivity index (χ1v) is 8.28. The fraction of sp³-hybridized carbons (Fsp3) is 0.316. The van der Waals surface area contributed by atoms with Gasteiger partial charge in [-0.05, 0) is 24.3 Å². The molecule has 0 saturated carbocycles. The predicted molar refractivity (Wildman–Crippen MR) is 91.8 cm³/mol. The number of phenolic OH excluding ortho intramolecular Hbond substituents is 1. The van der Waals surface area contributed by atoms with Crippen LogP contribution in [0.15, 0.2) is 48.5 Å². The number of piperazine rings is 1. The molecule has 6 heteroatoms. The summed E-state index contributed by atoms with van der Waals surface area (Å²) in [6.45, 7) is 2.60. The van der Waals surface area contributed by atoms with Crippen LogP contribution >= 0.6 is 0 Å². The number of aliphatic hydroxyl groups excluding tert-OH is 1. The number of carbonyl (C=O) groups is 1. The zero-order chi connectivity index (χ0) is 17.8. The Bertz CT molecular complexity index is 745. The molecule has 132 valence electrons. The maximum atomic E-state index is 13.7. The minimum absolute atomic E-state index is 0.0671. The van der Waals surface area contributed by atoms with Crippen LogP contribution in [0.1, 0.15) is 22.0 Å². The van der Waals surface area contributed by atoms with E-state index >= 15 is 0 Å². The molecule has 1 amide bonds. The van der Waals surface area contributed by atoms with Gasteiger partial charge in [0.15, 0.2) is 0 Å². The molecule has 2 aromatic rings. The lowest BCUT2D eigenvalue weighted by Gasteiger charge is -2.35. The molecule has 1 heterocycles. The van der Waals surface area contributed by atoms with E-state index in [1.807, 2.05) is 4.90 Å². The van der Waals surface area contributed by atoms with Crippen molar-refractivity contribution in [3.8, 4) is 5.75 Å². The van der Waals surface area contributed by atoms with Gasteiger partial charge in [0, 0.05) is 43.9 Å². The summed E-state index contributed by atoms with van der Waals surface area (Å²) in [6, 6.07) is 12.5. The summed E-state index contributed by atoms with van der Waals surface area (Å²) < 4.78 is 13.7.